The lowest BCUT2D eigenvalue weighted by atomic mass is 9.89. The van der Waals surface area contributed by atoms with Gasteiger partial charge in [-0.1, -0.05) is 0 Å². The Bertz CT molecular complexity index is 1250. The summed E-state index contributed by atoms with van der Waals surface area (Å²) in [7, 11) is 0. The molecule has 9 nitrogen and oxygen atoms in total. The fourth-order valence-electron chi connectivity index (χ4n) is 5.88. The number of pyridine rings is 1. The minimum absolute atomic E-state index is 0.210. The largest absolute Gasteiger partial charge is 0.474 e. The number of carbonyl (C=O) groups excluding carboxylic acids is 1. The molecular weight excluding hydrogens is 560 g/mol. The van der Waals surface area contributed by atoms with E-state index in [1.165, 1.54) is 12.1 Å². The number of benzene rings is 1. The van der Waals surface area contributed by atoms with Crippen molar-refractivity contribution in [3.63, 3.8) is 0 Å². The van der Waals surface area contributed by atoms with Gasteiger partial charge in [0, 0.05) is 43.6 Å². The number of likely N-dealkylation sites (tertiary alicyclic amines) is 1. The van der Waals surface area contributed by atoms with E-state index in [1.54, 1.807) is 13.1 Å². The number of hydrogen-bond acceptors (Lipinski definition) is 7. The number of alkyl halides is 3. The number of ether oxygens (including phenoxy) is 4. The number of nitrogens with zero attached hydrogens (tertiary/aromatic N) is 3. The van der Waals surface area contributed by atoms with Gasteiger partial charge >= 0.3 is 12.2 Å². The van der Waals surface area contributed by atoms with Gasteiger partial charge in [-0.15, -0.1) is 0 Å². The Morgan fingerprint density at radius 2 is 1.88 bits per heavy atom. The van der Waals surface area contributed by atoms with Crippen molar-refractivity contribution < 1.29 is 41.3 Å². The van der Waals surface area contributed by atoms with E-state index in [9.17, 15) is 18.0 Å². The molecule has 3 unspecified atom stereocenters. The van der Waals surface area contributed by atoms with Crippen LogP contribution in [-0.2, 0) is 14.2 Å². The third-order valence-electron chi connectivity index (χ3n) is 8.02. The van der Waals surface area contributed by atoms with Crippen molar-refractivity contribution in [1.82, 2.24) is 9.88 Å². The lowest BCUT2D eigenvalue weighted by Gasteiger charge is -2.31. The van der Waals surface area contributed by atoms with E-state index < -0.39 is 30.0 Å². The van der Waals surface area contributed by atoms with Crippen molar-refractivity contribution in [1.29, 1.82) is 0 Å². The van der Waals surface area contributed by atoms with Gasteiger partial charge < -0.3 is 34.5 Å². The number of amides is 2. The number of hydrogen-bond donors (Lipinski definition) is 1. The van der Waals surface area contributed by atoms with Crippen molar-refractivity contribution in [2.24, 2.45) is 11.7 Å². The highest BCUT2D eigenvalue weighted by molar-refractivity contribution is 5.75. The SMILES string of the molecule is Cc1cc(F)c(C2C(C(F)(F)F)CCN2C(N)=O)cc1-c1cnc(OCCOC2CCCCO2)c(N2CCOCC2)c1. The van der Waals surface area contributed by atoms with Gasteiger partial charge in [-0.2, -0.15) is 13.2 Å². The zero-order chi connectivity index (χ0) is 29.9. The molecule has 3 atom stereocenters. The quantitative estimate of drug-likeness (QED) is 0.340. The average Bonchev–Trinajstić information content (AvgIpc) is 3.43. The minimum atomic E-state index is -4.64. The topological polar surface area (TPSA) is 99.4 Å². The molecule has 3 fully saturated rings. The number of carbonyl (C=O) groups is 1. The van der Waals surface area contributed by atoms with Crippen molar-refractivity contribution in [3.05, 3.63) is 41.3 Å². The molecule has 3 saturated heterocycles. The average molecular weight is 597 g/mol. The van der Waals surface area contributed by atoms with Crippen LogP contribution in [0, 0.1) is 18.7 Å². The van der Waals surface area contributed by atoms with Crippen molar-refractivity contribution in [2.45, 2.75) is 51.1 Å². The molecule has 2 aromatic rings. The predicted octanol–water partition coefficient (Wildman–Crippen LogP) is 4.96. The zero-order valence-corrected chi connectivity index (χ0v) is 23.5. The van der Waals surface area contributed by atoms with E-state index in [-0.39, 0.29) is 31.4 Å². The normalized spacial score (nSPS) is 23.3. The predicted molar refractivity (Wildman–Crippen MR) is 146 cm³/mol. The Kier molecular flexibility index (Phi) is 9.38. The lowest BCUT2D eigenvalue weighted by molar-refractivity contribution is -0.179. The molecule has 0 radical (unpaired) electrons. The maximum absolute atomic E-state index is 15.3. The summed E-state index contributed by atoms with van der Waals surface area (Å²) in [6, 6.07) is 1.83. The number of halogens is 4. The second kappa shape index (κ2) is 13.0. The van der Waals surface area contributed by atoms with Gasteiger partial charge in [-0.25, -0.2) is 14.2 Å². The smallest absolute Gasteiger partial charge is 0.394 e. The maximum Gasteiger partial charge on any atom is 0.394 e. The fraction of sp³-hybridized carbons (Fsp3) is 0.586. The van der Waals surface area contributed by atoms with Crippen LogP contribution in [0.5, 0.6) is 5.88 Å². The first-order chi connectivity index (χ1) is 20.1. The van der Waals surface area contributed by atoms with Gasteiger partial charge in [0.05, 0.1) is 31.8 Å². The molecule has 2 amide bonds. The molecule has 3 aliphatic heterocycles. The first-order valence-corrected chi connectivity index (χ1v) is 14.3. The Morgan fingerprint density at radius 3 is 2.57 bits per heavy atom. The number of aryl methyl sites for hydroxylation is 1. The summed E-state index contributed by atoms with van der Waals surface area (Å²) in [4.78, 5) is 19.6. The van der Waals surface area contributed by atoms with Gasteiger partial charge in [0.2, 0.25) is 5.88 Å². The van der Waals surface area contributed by atoms with Crippen molar-refractivity contribution in [2.75, 3.05) is 57.6 Å². The molecule has 1 aromatic heterocycles. The second-order valence-corrected chi connectivity index (χ2v) is 10.8. The lowest BCUT2D eigenvalue weighted by Crippen LogP contribution is -2.39. The molecule has 42 heavy (non-hydrogen) atoms. The van der Waals surface area contributed by atoms with Crippen LogP contribution < -0.4 is 15.4 Å². The molecule has 2 N–H and O–H groups in total. The Balaban J connectivity index is 1.44. The third kappa shape index (κ3) is 6.73. The monoisotopic (exact) mass is 596 g/mol. The first-order valence-electron chi connectivity index (χ1n) is 14.3. The molecule has 0 spiro atoms. The number of nitrogens with two attached hydrogens (primary N) is 1. The summed E-state index contributed by atoms with van der Waals surface area (Å²) in [6.07, 6.45) is -0.762. The Morgan fingerprint density at radius 1 is 1.10 bits per heavy atom. The van der Waals surface area contributed by atoms with Gasteiger partial charge in [-0.05, 0) is 61.9 Å². The number of urea groups is 1. The molecular formula is C29H36F4N4O5. The fourth-order valence-corrected chi connectivity index (χ4v) is 5.88. The highest BCUT2D eigenvalue weighted by Gasteiger charge is 2.52. The van der Waals surface area contributed by atoms with E-state index in [2.05, 4.69) is 9.88 Å². The molecule has 5 rings (SSSR count). The number of primary amides is 1. The molecule has 230 valence electrons. The molecule has 0 saturated carbocycles. The van der Waals surface area contributed by atoms with Gasteiger partial charge in [0.1, 0.15) is 18.1 Å². The van der Waals surface area contributed by atoms with Crippen molar-refractivity contribution >= 4 is 11.7 Å². The van der Waals surface area contributed by atoms with E-state index in [0.717, 1.165) is 24.2 Å². The Labute approximate surface area is 241 Å². The molecule has 4 heterocycles. The standard InChI is InChI=1S/C29H36F4N4O5/c1-18-14-23(30)21(26-22(29(31,32)33)5-6-37(26)28(34)38)16-20(18)19-15-24(36-7-10-39-11-8-36)27(35-17-19)42-13-12-41-25-4-2-3-9-40-25/h14-17,22,25-26H,2-13H2,1H3,(H2,34,38). The van der Waals surface area contributed by atoms with Crippen LogP contribution in [-0.4, -0.2) is 81.1 Å². The summed E-state index contributed by atoms with van der Waals surface area (Å²) in [5.74, 6) is -2.39. The van der Waals surface area contributed by atoms with E-state index >= 15 is 4.39 Å². The number of rotatable bonds is 8. The molecule has 13 heteroatoms. The van der Waals surface area contributed by atoms with Crippen molar-refractivity contribution in [3.8, 4) is 17.0 Å². The maximum atomic E-state index is 15.3. The highest BCUT2D eigenvalue weighted by Crippen LogP contribution is 2.48. The summed E-state index contributed by atoms with van der Waals surface area (Å²) in [5.41, 5.74) is 7.44. The van der Waals surface area contributed by atoms with Crippen LogP contribution in [0.1, 0.15) is 42.9 Å². The van der Waals surface area contributed by atoms with Crippen LogP contribution in [0.3, 0.4) is 0 Å². The van der Waals surface area contributed by atoms with Crippen LogP contribution in [0.15, 0.2) is 24.4 Å². The van der Waals surface area contributed by atoms with E-state index in [4.69, 9.17) is 24.7 Å². The second-order valence-electron chi connectivity index (χ2n) is 10.8. The molecule has 1 aromatic carbocycles. The number of anilines is 1. The van der Waals surface area contributed by atoms with Crippen LogP contribution >= 0.6 is 0 Å². The minimum Gasteiger partial charge on any atom is -0.474 e. The van der Waals surface area contributed by atoms with Gasteiger partial charge in [0.15, 0.2) is 6.29 Å². The zero-order valence-electron chi connectivity index (χ0n) is 23.5. The van der Waals surface area contributed by atoms with Gasteiger partial charge in [0.25, 0.3) is 0 Å². The molecule has 3 aliphatic rings. The molecule has 0 bridgehead atoms. The van der Waals surface area contributed by atoms with Crippen LogP contribution in [0.2, 0.25) is 0 Å². The van der Waals surface area contributed by atoms with Crippen LogP contribution in [0.4, 0.5) is 28.0 Å². The first kappa shape index (κ1) is 30.3. The summed E-state index contributed by atoms with van der Waals surface area (Å²) in [6.45, 7) is 4.89. The molecule has 0 aliphatic carbocycles. The summed E-state index contributed by atoms with van der Waals surface area (Å²) >= 11 is 0. The Hall–Kier alpha value is -3.16. The summed E-state index contributed by atoms with van der Waals surface area (Å²) < 4.78 is 80.0. The van der Waals surface area contributed by atoms with Gasteiger partial charge in [-0.3, -0.25) is 0 Å². The third-order valence-corrected chi connectivity index (χ3v) is 8.02. The van der Waals surface area contributed by atoms with Crippen LogP contribution in [0.25, 0.3) is 11.1 Å². The summed E-state index contributed by atoms with van der Waals surface area (Å²) in [5, 5.41) is 0. The highest BCUT2D eigenvalue weighted by atomic mass is 19.4. The van der Waals surface area contributed by atoms with E-state index in [1.807, 2.05) is 6.07 Å². The number of aromatic nitrogens is 1. The van der Waals surface area contributed by atoms with E-state index in [0.29, 0.717) is 67.8 Å². The number of morpholine rings is 1.